The molecule has 33 heavy (non-hydrogen) atoms. The third-order valence-electron chi connectivity index (χ3n) is 5.76. The van der Waals surface area contributed by atoms with Gasteiger partial charge in [-0.25, -0.2) is 18.3 Å². The molecule has 0 spiro atoms. The first-order chi connectivity index (χ1) is 15.9. The van der Waals surface area contributed by atoms with Crippen molar-refractivity contribution in [2.24, 2.45) is 5.73 Å². The number of anilines is 2. The number of benzene rings is 2. The first-order valence-corrected chi connectivity index (χ1v) is 10.6. The minimum atomic E-state index is -0.515. The lowest BCUT2D eigenvalue weighted by molar-refractivity contribution is -0.117. The average Bonchev–Trinajstić information content (AvgIpc) is 3.35. The second-order valence-corrected chi connectivity index (χ2v) is 8.19. The van der Waals surface area contributed by atoms with Crippen molar-refractivity contribution < 1.29 is 13.6 Å². The van der Waals surface area contributed by atoms with Crippen LogP contribution >= 0.6 is 0 Å². The van der Waals surface area contributed by atoms with E-state index in [0.29, 0.717) is 29.3 Å². The van der Waals surface area contributed by atoms with E-state index in [0.717, 1.165) is 5.56 Å². The van der Waals surface area contributed by atoms with Crippen molar-refractivity contribution in [3.8, 4) is 11.3 Å². The van der Waals surface area contributed by atoms with Crippen LogP contribution in [0.25, 0.3) is 16.9 Å². The van der Waals surface area contributed by atoms with Gasteiger partial charge in [0.1, 0.15) is 17.5 Å². The van der Waals surface area contributed by atoms with Crippen LogP contribution in [-0.2, 0) is 4.79 Å². The van der Waals surface area contributed by atoms with Gasteiger partial charge in [0.25, 0.3) is 0 Å². The number of hydrogen-bond donors (Lipinski definition) is 2. The molecule has 0 bridgehead atoms. The number of aromatic nitrogens is 3. The van der Waals surface area contributed by atoms with E-state index in [1.54, 1.807) is 41.0 Å². The Hall–Kier alpha value is -3.85. The number of nitrogens with one attached hydrogen (secondary N) is 1. The Morgan fingerprint density at radius 3 is 2.73 bits per heavy atom. The van der Waals surface area contributed by atoms with Gasteiger partial charge in [-0.1, -0.05) is 18.2 Å². The van der Waals surface area contributed by atoms with Gasteiger partial charge in [0.05, 0.1) is 23.6 Å². The summed E-state index contributed by atoms with van der Waals surface area (Å²) in [5.41, 5.74) is 8.60. The van der Waals surface area contributed by atoms with Gasteiger partial charge in [0, 0.05) is 24.6 Å². The second-order valence-electron chi connectivity index (χ2n) is 8.19. The Morgan fingerprint density at radius 1 is 1.15 bits per heavy atom. The number of halogens is 2. The van der Waals surface area contributed by atoms with Crippen molar-refractivity contribution in [3.05, 3.63) is 78.0 Å². The number of nitrogens with two attached hydrogens (primary N) is 1. The molecular weight excluding hydrogens is 426 g/mol. The number of nitrogens with zero attached hydrogens (tertiary/aromatic N) is 4. The number of imidazole rings is 1. The predicted molar refractivity (Wildman–Crippen MR) is 122 cm³/mol. The van der Waals surface area contributed by atoms with Crippen LogP contribution in [0.4, 0.5) is 20.3 Å². The molecule has 1 aliphatic heterocycles. The summed E-state index contributed by atoms with van der Waals surface area (Å²) in [6, 6.07) is 14.2. The van der Waals surface area contributed by atoms with Crippen molar-refractivity contribution >= 4 is 23.1 Å². The summed E-state index contributed by atoms with van der Waals surface area (Å²) >= 11 is 0. The molecule has 0 saturated carbocycles. The van der Waals surface area contributed by atoms with E-state index in [2.05, 4.69) is 15.4 Å². The van der Waals surface area contributed by atoms with E-state index in [1.165, 1.54) is 23.1 Å². The van der Waals surface area contributed by atoms with Gasteiger partial charge in [0.2, 0.25) is 5.91 Å². The lowest BCUT2D eigenvalue weighted by atomic mass is 10.1. The smallest absolute Gasteiger partial charge is 0.228 e. The van der Waals surface area contributed by atoms with E-state index in [1.807, 2.05) is 13.0 Å². The highest BCUT2D eigenvalue weighted by Crippen LogP contribution is 2.29. The quantitative estimate of drug-likeness (QED) is 0.483. The van der Waals surface area contributed by atoms with Gasteiger partial charge in [-0.05, 0) is 48.9 Å². The first kappa shape index (κ1) is 21.0. The fourth-order valence-corrected chi connectivity index (χ4v) is 4.08. The highest BCUT2D eigenvalue weighted by Gasteiger charge is 2.30. The van der Waals surface area contributed by atoms with Gasteiger partial charge in [-0.3, -0.25) is 4.79 Å². The van der Waals surface area contributed by atoms with Gasteiger partial charge >= 0.3 is 0 Å². The molecular formula is C24H22F2N6O. The van der Waals surface area contributed by atoms with Crippen LogP contribution < -0.4 is 16.0 Å². The van der Waals surface area contributed by atoms with E-state index in [9.17, 15) is 13.6 Å². The SMILES string of the molecule is C[C@@H](Nc1ccc2ncc(-c3ccc(N4C[C@@H](N)CC4=O)c(F)c3)n2n1)c1cccc(F)c1. The monoisotopic (exact) mass is 448 g/mol. The van der Waals surface area contributed by atoms with Gasteiger partial charge in [-0.15, -0.1) is 5.10 Å². The van der Waals surface area contributed by atoms with Gasteiger partial charge in [0.15, 0.2) is 5.65 Å². The maximum atomic E-state index is 14.9. The minimum absolute atomic E-state index is 0.182. The number of amides is 1. The molecule has 0 radical (unpaired) electrons. The largest absolute Gasteiger partial charge is 0.362 e. The zero-order chi connectivity index (χ0) is 23.1. The molecule has 168 valence electrons. The third-order valence-corrected chi connectivity index (χ3v) is 5.76. The van der Waals surface area contributed by atoms with Crippen LogP contribution in [0.15, 0.2) is 60.8 Å². The Morgan fingerprint density at radius 2 is 2.00 bits per heavy atom. The number of rotatable bonds is 5. The van der Waals surface area contributed by atoms with Crippen molar-refractivity contribution in [1.29, 1.82) is 0 Å². The van der Waals surface area contributed by atoms with Crippen molar-refractivity contribution in [1.82, 2.24) is 14.6 Å². The highest BCUT2D eigenvalue weighted by atomic mass is 19.1. The molecule has 1 amide bonds. The van der Waals surface area contributed by atoms with Crippen molar-refractivity contribution in [2.75, 3.05) is 16.8 Å². The Balaban J connectivity index is 1.44. The normalized spacial score (nSPS) is 17.0. The van der Waals surface area contributed by atoms with Crippen LogP contribution in [-0.4, -0.2) is 33.1 Å². The molecule has 4 aromatic rings. The predicted octanol–water partition coefficient (Wildman–Crippen LogP) is 3.91. The summed E-state index contributed by atoms with van der Waals surface area (Å²) in [5, 5.41) is 7.85. The molecule has 1 fully saturated rings. The second kappa shape index (κ2) is 8.25. The van der Waals surface area contributed by atoms with Crippen LogP contribution in [0.1, 0.15) is 24.9 Å². The lowest BCUT2D eigenvalue weighted by Gasteiger charge is -2.17. The van der Waals surface area contributed by atoms with Crippen molar-refractivity contribution in [3.63, 3.8) is 0 Å². The summed E-state index contributed by atoms with van der Waals surface area (Å²) in [6.45, 7) is 2.21. The summed E-state index contributed by atoms with van der Waals surface area (Å²) in [6.07, 6.45) is 1.83. The van der Waals surface area contributed by atoms with E-state index in [-0.39, 0.29) is 35.9 Å². The van der Waals surface area contributed by atoms with E-state index < -0.39 is 5.82 Å². The number of fused-ring (bicyclic) bond motifs is 1. The molecule has 5 rings (SSSR count). The van der Waals surface area contributed by atoms with Crippen LogP contribution in [0.5, 0.6) is 0 Å². The zero-order valence-electron chi connectivity index (χ0n) is 17.9. The maximum absolute atomic E-state index is 14.9. The van der Waals surface area contributed by atoms with Crippen LogP contribution in [0.3, 0.4) is 0 Å². The molecule has 0 unspecified atom stereocenters. The average molecular weight is 448 g/mol. The Kier molecular flexibility index (Phi) is 5.26. The molecule has 9 heteroatoms. The fourth-order valence-electron chi connectivity index (χ4n) is 4.08. The Labute approximate surface area is 188 Å². The molecule has 7 nitrogen and oxygen atoms in total. The summed E-state index contributed by atoms with van der Waals surface area (Å²) < 4.78 is 30.1. The molecule has 3 heterocycles. The van der Waals surface area contributed by atoms with Crippen LogP contribution in [0.2, 0.25) is 0 Å². The number of carbonyl (C=O) groups excluding carboxylic acids is 1. The van der Waals surface area contributed by atoms with E-state index >= 15 is 0 Å². The number of hydrogen-bond acceptors (Lipinski definition) is 5. The fraction of sp³-hybridized carbons (Fsp3) is 0.208. The lowest BCUT2D eigenvalue weighted by Crippen LogP contribution is -2.28. The minimum Gasteiger partial charge on any atom is -0.362 e. The maximum Gasteiger partial charge on any atom is 0.228 e. The molecule has 3 N–H and O–H groups in total. The van der Waals surface area contributed by atoms with E-state index in [4.69, 9.17) is 5.73 Å². The zero-order valence-corrected chi connectivity index (χ0v) is 17.9. The van der Waals surface area contributed by atoms with Crippen molar-refractivity contribution in [2.45, 2.75) is 25.4 Å². The molecule has 1 saturated heterocycles. The summed E-state index contributed by atoms with van der Waals surface area (Å²) in [4.78, 5) is 17.8. The molecule has 0 aliphatic carbocycles. The molecule has 1 aliphatic rings. The van der Waals surface area contributed by atoms with Gasteiger partial charge in [-0.2, -0.15) is 0 Å². The number of carbonyl (C=O) groups is 1. The third kappa shape index (κ3) is 4.03. The molecule has 2 aromatic heterocycles. The molecule has 2 aromatic carbocycles. The van der Waals surface area contributed by atoms with Gasteiger partial charge < -0.3 is 16.0 Å². The van der Waals surface area contributed by atoms with Crippen LogP contribution in [0, 0.1) is 11.6 Å². The summed E-state index contributed by atoms with van der Waals surface area (Å²) in [5.74, 6) is -0.440. The first-order valence-electron chi connectivity index (χ1n) is 10.6. The Bertz CT molecular complexity index is 1350. The standard InChI is InChI=1S/C24H22F2N6O/c1-14(15-3-2-4-17(25)9-15)29-22-7-8-23-28-12-21(32(23)30-22)16-5-6-20(19(26)10-16)31-13-18(27)11-24(31)33/h2-10,12,14,18H,11,13,27H2,1H3,(H,29,30)/t14-,18+/m1/s1. The molecule has 2 atom stereocenters. The summed E-state index contributed by atoms with van der Waals surface area (Å²) in [7, 11) is 0. The highest BCUT2D eigenvalue weighted by molar-refractivity contribution is 5.96. The topological polar surface area (TPSA) is 88.5 Å².